The Labute approximate surface area is 151 Å². The number of carboxylic acids is 1. The minimum atomic E-state index is -3.55. The molecule has 0 bridgehead atoms. The number of benzene rings is 1. The third-order valence-electron chi connectivity index (χ3n) is 5.48. The van der Waals surface area contributed by atoms with E-state index in [0.717, 1.165) is 11.8 Å². The Hall–Kier alpha value is -1.60. The number of carbonyl (C=O) groups excluding carboxylic acids is 1. The summed E-state index contributed by atoms with van der Waals surface area (Å²) < 4.78 is 22.9. The highest BCUT2D eigenvalue weighted by atomic mass is 35.5. The van der Waals surface area contributed by atoms with Gasteiger partial charge in [0, 0.05) is 30.3 Å². The van der Waals surface area contributed by atoms with Gasteiger partial charge in [0.15, 0.2) is 14.6 Å². The first kappa shape index (κ1) is 18.2. The Kier molecular flexibility index (Phi) is 4.58. The first-order valence-corrected chi connectivity index (χ1v) is 10.4. The Bertz CT molecular complexity index is 801. The van der Waals surface area contributed by atoms with Gasteiger partial charge in [-0.25, -0.2) is 8.42 Å². The molecule has 2 fully saturated rings. The summed E-state index contributed by atoms with van der Waals surface area (Å²) in [4.78, 5) is 26.0. The molecule has 2 atom stereocenters. The molecular formula is C17H20ClNO5S. The summed E-state index contributed by atoms with van der Waals surface area (Å²) in [6.07, 6.45) is 2.40. The smallest absolute Gasteiger partial charge is 0.308 e. The van der Waals surface area contributed by atoms with Gasteiger partial charge >= 0.3 is 5.97 Å². The molecule has 8 heteroatoms. The van der Waals surface area contributed by atoms with Gasteiger partial charge in [0.25, 0.3) is 0 Å². The number of hydrogen-bond acceptors (Lipinski definition) is 4. The van der Waals surface area contributed by atoms with Crippen molar-refractivity contribution in [3.05, 3.63) is 34.9 Å². The molecule has 25 heavy (non-hydrogen) atoms. The number of hydrogen-bond donors (Lipinski definition) is 1. The third kappa shape index (κ3) is 3.04. The predicted molar refractivity (Wildman–Crippen MR) is 93.3 cm³/mol. The fourth-order valence-electron chi connectivity index (χ4n) is 3.80. The number of aliphatic carboxylic acids is 1. The SMILES string of the molecule is CS(=O)(=O)C1(C(=O)N2C[C@@H](C(=O)O)[C@H](c3ccc(Cl)cc3)C2)CCC1. The first-order chi connectivity index (χ1) is 11.7. The van der Waals surface area contributed by atoms with Gasteiger partial charge in [-0.05, 0) is 37.0 Å². The van der Waals surface area contributed by atoms with E-state index < -0.39 is 32.4 Å². The standard InChI is InChI=1S/C17H20ClNO5S/c1-25(23,24)17(7-2-8-17)16(22)19-9-13(14(10-19)15(20)21)11-3-5-12(18)6-4-11/h3-6,13-14H,2,7-10H2,1H3,(H,20,21)/t13-,14+/m0/s1. The van der Waals surface area contributed by atoms with E-state index in [1.54, 1.807) is 24.3 Å². The van der Waals surface area contributed by atoms with Gasteiger partial charge in [0.05, 0.1) is 5.92 Å². The van der Waals surface area contributed by atoms with Crippen LogP contribution in [0.15, 0.2) is 24.3 Å². The average molecular weight is 386 g/mol. The Morgan fingerprint density at radius 1 is 1.20 bits per heavy atom. The molecule has 6 nitrogen and oxygen atoms in total. The zero-order valence-corrected chi connectivity index (χ0v) is 15.4. The number of amides is 1. The van der Waals surface area contributed by atoms with Crippen LogP contribution in [0.4, 0.5) is 0 Å². The summed E-state index contributed by atoms with van der Waals surface area (Å²) >= 11 is 5.89. The van der Waals surface area contributed by atoms with E-state index in [1.807, 2.05) is 0 Å². The molecule has 0 radical (unpaired) electrons. The van der Waals surface area contributed by atoms with E-state index in [2.05, 4.69) is 0 Å². The number of carbonyl (C=O) groups is 2. The van der Waals surface area contributed by atoms with Gasteiger partial charge in [-0.3, -0.25) is 9.59 Å². The van der Waals surface area contributed by atoms with E-state index >= 15 is 0 Å². The van der Waals surface area contributed by atoms with Crippen molar-refractivity contribution in [1.29, 1.82) is 0 Å². The third-order valence-corrected chi connectivity index (χ3v) is 7.74. The van der Waals surface area contributed by atoms with E-state index in [0.29, 0.717) is 24.3 Å². The Morgan fingerprint density at radius 3 is 2.24 bits per heavy atom. The predicted octanol–water partition coefficient (Wildman–Crippen LogP) is 1.93. The number of likely N-dealkylation sites (tertiary alicyclic amines) is 1. The van der Waals surface area contributed by atoms with Crippen LogP contribution in [0.2, 0.25) is 5.02 Å². The summed E-state index contributed by atoms with van der Waals surface area (Å²) in [6.45, 7) is 0.230. The lowest BCUT2D eigenvalue weighted by Gasteiger charge is -2.40. The Morgan fingerprint density at radius 2 is 1.80 bits per heavy atom. The molecule has 1 aromatic carbocycles. The summed E-state index contributed by atoms with van der Waals surface area (Å²) in [5, 5.41) is 10.1. The van der Waals surface area contributed by atoms with E-state index in [9.17, 15) is 23.1 Å². The minimum Gasteiger partial charge on any atom is -0.481 e. The van der Waals surface area contributed by atoms with Crippen LogP contribution >= 0.6 is 11.6 Å². The highest BCUT2D eigenvalue weighted by Crippen LogP contribution is 2.43. The van der Waals surface area contributed by atoms with Crippen molar-refractivity contribution < 1.29 is 23.1 Å². The minimum absolute atomic E-state index is 0.0265. The number of sulfone groups is 1. The summed E-state index contributed by atoms with van der Waals surface area (Å²) in [6, 6.07) is 6.88. The molecule has 1 N–H and O–H groups in total. The van der Waals surface area contributed by atoms with Crippen LogP contribution in [0.5, 0.6) is 0 Å². The number of nitrogens with zero attached hydrogens (tertiary/aromatic N) is 1. The maximum Gasteiger partial charge on any atom is 0.308 e. The van der Waals surface area contributed by atoms with E-state index in [1.165, 1.54) is 4.90 Å². The summed E-state index contributed by atoms with van der Waals surface area (Å²) in [5.41, 5.74) is 0.786. The van der Waals surface area contributed by atoms with Crippen LogP contribution in [0.1, 0.15) is 30.7 Å². The van der Waals surface area contributed by atoms with E-state index in [-0.39, 0.29) is 19.0 Å². The molecule has 0 unspecified atom stereocenters. The molecule has 1 aliphatic carbocycles. The van der Waals surface area contributed by atoms with Crippen LogP contribution in [-0.2, 0) is 19.4 Å². The largest absolute Gasteiger partial charge is 0.481 e. The molecule has 1 saturated carbocycles. The summed E-state index contributed by atoms with van der Waals surface area (Å²) in [7, 11) is -3.55. The van der Waals surface area contributed by atoms with Gasteiger partial charge in [-0.2, -0.15) is 0 Å². The maximum absolute atomic E-state index is 12.9. The number of halogens is 1. The lowest BCUT2D eigenvalue weighted by atomic mass is 9.83. The van der Waals surface area contributed by atoms with Crippen molar-refractivity contribution in [2.24, 2.45) is 5.92 Å². The summed E-state index contributed by atoms with van der Waals surface area (Å²) in [5.74, 6) is -2.58. The van der Waals surface area contributed by atoms with Crippen LogP contribution in [-0.4, -0.2) is 54.4 Å². The molecule has 1 aliphatic heterocycles. The molecule has 136 valence electrons. The molecule has 1 saturated heterocycles. The molecule has 0 spiro atoms. The second kappa shape index (κ2) is 6.29. The second-order valence-electron chi connectivity index (χ2n) is 6.93. The van der Waals surface area contributed by atoms with Crippen molar-refractivity contribution in [2.45, 2.75) is 29.9 Å². The highest BCUT2D eigenvalue weighted by molar-refractivity contribution is 7.93. The lowest BCUT2D eigenvalue weighted by molar-refractivity contribution is -0.142. The van der Waals surface area contributed by atoms with Crippen molar-refractivity contribution in [1.82, 2.24) is 4.90 Å². The van der Waals surface area contributed by atoms with Gasteiger partial charge in [0.2, 0.25) is 5.91 Å². The lowest BCUT2D eigenvalue weighted by Crippen LogP contribution is -2.57. The monoisotopic (exact) mass is 385 g/mol. The first-order valence-electron chi connectivity index (χ1n) is 8.13. The maximum atomic E-state index is 12.9. The van der Waals surface area contributed by atoms with E-state index in [4.69, 9.17) is 11.6 Å². The molecule has 3 rings (SSSR count). The average Bonchev–Trinajstić information content (AvgIpc) is 2.90. The highest BCUT2D eigenvalue weighted by Gasteiger charge is 2.56. The second-order valence-corrected chi connectivity index (χ2v) is 9.70. The van der Waals surface area contributed by atoms with Crippen LogP contribution in [0, 0.1) is 5.92 Å². The van der Waals surface area contributed by atoms with Gasteiger partial charge in [-0.1, -0.05) is 23.7 Å². The fourth-order valence-corrected chi connectivity index (χ4v) is 5.40. The molecule has 2 aliphatic rings. The van der Waals surface area contributed by atoms with Gasteiger partial charge in [-0.15, -0.1) is 0 Å². The molecular weight excluding hydrogens is 366 g/mol. The van der Waals surface area contributed by atoms with Crippen molar-refractivity contribution in [3.63, 3.8) is 0 Å². The normalized spacial score (nSPS) is 25.4. The van der Waals surface area contributed by atoms with Crippen molar-refractivity contribution in [3.8, 4) is 0 Å². The Balaban J connectivity index is 1.89. The number of rotatable bonds is 4. The van der Waals surface area contributed by atoms with Gasteiger partial charge in [0.1, 0.15) is 0 Å². The van der Waals surface area contributed by atoms with Crippen molar-refractivity contribution >= 4 is 33.3 Å². The zero-order chi connectivity index (χ0) is 18.4. The topological polar surface area (TPSA) is 91.8 Å². The zero-order valence-electron chi connectivity index (χ0n) is 13.8. The van der Waals surface area contributed by atoms with Gasteiger partial charge < -0.3 is 10.0 Å². The molecule has 1 amide bonds. The van der Waals surface area contributed by atoms with Crippen LogP contribution in [0.25, 0.3) is 0 Å². The molecule has 1 aromatic rings. The quantitative estimate of drug-likeness (QED) is 0.855. The van der Waals surface area contributed by atoms with Crippen molar-refractivity contribution in [2.75, 3.05) is 19.3 Å². The number of carboxylic acid groups (broad SMARTS) is 1. The van der Waals surface area contributed by atoms with Crippen LogP contribution < -0.4 is 0 Å². The fraction of sp³-hybridized carbons (Fsp3) is 0.529. The molecule has 1 heterocycles. The molecule has 0 aromatic heterocycles. The van der Waals surface area contributed by atoms with Crippen LogP contribution in [0.3, 0.4) is 0 Å².